The average molecular weight is 400 g/mol. The van der Waals surface area contributed by atoms with E-state index in [0.29, 0.717) is 37.4 Å². The number of methoxy groups -OCH3 is 2. The Labute approximate surface area is 161 Å². The van der Waals surface area contributed by atoms with E-state index in [1.54, 1.807) is 26.4 Å². The van der Waals surface area contributed by atoms with Gasteiger partial charge in [-0.05, 0) is 38.0 Å². The SMILES string of the molecule is COc1ccc(OC)c([C@@H](C)NC(=O)C2CCN(S(=O)(=O)N(C)C)CC2)c1. The van der Waals surface area contributed by atoms with E-state index in [0.717, 1.165) is 5.56 Å². The van der Waals surface area contributed by atoms with Crippen molar-refractivity contribution in [2.75, 3.05) is 41.4 Å². The lowest BCUT2D eigenvalue weighted by Gasteiger charge is -2.32. The topological polar surface area (TPSA) is 88.2 Å². The van der Waals surface area contributed by atoms with Crippen LogP contribution in [0.3, 0.4) is 0 Å². The van der Waals surface area contributed by atoms with Gasteiger partial charge in [0.1, 0.15) is 11.5 Å². The highest BCUT2D eigenvalue weighted by Gasteiger charge is 2.32. The number of hydrogen-bond donors (Lipinski definition) is 1. The number of carbonyl (C=O) groups excluding carboxylic acids is 1. The number of piperidine rings is 1. The van der Waals surface area contributed by atoms with Gasteiger partial charge in [0.2, 0.25) is 5.91 Å². The fourth-order valence-corrected chi connectivity index (χ4v) is 4.30. The number of nitrogens with one attached hydrogen (secondary N) is 1. The van der Waals surface area contributed by atoms with Crippen molar-refractivity contribution in [1.29, 1.82) is 0 Å². The van der Waals surface area contributed by atoms with Gasteiger partial charge in [0, 0.05) is 38.7 Å². The van der Waals surface area contributed by atoms with E-state index in [1.807, 2.05) is 13.0 Å². The third-order valence-corrected chi connectivity index (χ3v) is 6.82. The fraction of sp³-hybridized carbons (Fsp3) is 0.611. The standard InChI is InChI=1S/C18H29N3O5S/c1-13(16-12-15(25-4)6-7-17(16)26-5)19-18(22)14-8-10-21(11-9-14)27(23,24)20(2)3/h6-7,12-14H,8-11H2,1-5H3,(H,19,22)/t13-/m1/s1. The van der Waals surface area contributed by atoms with Crippen LogP contribution in [-0.4, -0.2) is 64.3 Å². The zero-order valence-electron chi connectivity index (χ0n) is 16.6. The predicted octanol–water partition coefficient (Wildman–Crippen LogP) is 1.40. The van der Waals surface area contributed by atoms with Crippen molar-refractivity contribution in [2.45, 2.75) is 25.8 Å². The van der Waals surface area contributed by atoms with Gasteiger partial charge in [0.05, 0.1) is 20.3 Å². The Kier molecular flexibility index (Phi) is 7.07. The number of amides is 1. The lowest BCUT2D eigenvalue weighted by atomic mass is 9.96. The van der Waals surface area contributed by atoms with Crippen LogP contribution in [0.5, 0.6) is 11.5 Å². The van der Waals surface area contributed by atoms with Crippen LogP contribution in [0.15, 0.2) is 18.2 Å². The second kappa shape index (κ2) is 8.90. The molecule has 0 spiro atoms. The lowest BCUT2D eigenvalue weighted by Crippen LogP contribution is -2.47. The van der Waals surface area contributed by atoms with Gasteiger partial charge in [0.25, 0.3) is 10.2 Å². The summed E-state index contributed by atoms with van der Waals surface area (Å²) < 4.78 is 37.6. The van der Waals surface area contributed by atoms with Crippen LogP contribution >= 0.6 is 0 Å². The van der Waals surface area contributed by atoms with E-state index in [9.17, 15) is 13.2 Å². The summed E-state index contributed by atoms with van der Waals surface area (Å²) in [4.78, 5) is 12.7. The van der Waals surface area contributed by atoms with E-state index in [-0.39, 0.29) is 17.9 Å². The molecule has 27 heavy (non-hydrogen) atoms. The van der Waals surface area contributed by atoms with Gasteiger partial charge in [-0.1, -0.05) is 0 Å². The van der Waals surface area contributed by atoms with Crippen molar-refractivity contribution in [2.24, 2.45) is 5.92 Å². The number of nitrogens with zero attached hydrogens (tertiary/aromatic N) is 2. The third kappa shape index (κ3) is 4.91. The second-order valence-corrected chi connectivity index (χ2v) is 8.94. The minimum atomic E-state index is -3.43. The first-order valence-electron chi connectivity index (χ1n) is 8.90. The van der Waals surface area contributed by atoms with Crippen LogP contribution in [0.4, 0.5) is 0 Å². The monoisotopic (exact) mass is 399 g/mol. The fourth-order valence-electron chi connectivity index (χ4n) is 3.17. The normalized spacial score (nSPS) is 17.6. The quantitative estimate of drug-likeness (QED) is 0.749. The molecule has 0 saturated carbocycles. The summed E-state index contributed by atoms with van der Waals surface area (Å²) in [6.45, 7) is 2.58. The van der Waals surface area contributed by atoms with Crippen molar-refractivity contribution >= 4 is 16.1 Å². The first kappa shape index (κ1) is 21.5. The number of ether oxygens (including phenoxy) is 2. The molecule has 0 bridgehead atoms. The Hall–Kier alpha value is -1.84. The second-order valence-electron chi connectivity index (χ2n) is 6.80. The van der Waals surface area contributed by atoms with Gasteiger partial charge < -0.3 is 14.8 Å². The molecule has 1 aromatic carbocycles. The summed E-state index contributed by atoms with van der Waals surface area (Å²) in [5.41, 5.74) is 0.831. The maximum atomic E-state index is 12.7. The molecular formula is C18H29N3O5S. The summed E-state index contributed by atoms with van der Waals surface area (Å²) >= 11 is 0. The summed E-state index contributed by atoms with van der Waals surface area (Å²) in [5.74, 6) is 1.08. The molecule has 1 heterocycles. The molecule has 0 aliphatic carbocycles. The molecule has 1 aliphatic rings. The molecule has 0 radical (unpaired) electrons. The predicted molar refractivity (Wildman–Crippen MR) is 103 cm³/mol. The van der Waals surface area contributed by atoms with Crippen LogP contribution in [-0.2, 0) is 15.0 Å². The Balaban J connectivity index is 2.00. The van der Waals surface area contributed by atoms with Gasteiger partial charge in [-0.15, -0.1) is 0 Å². The summed E-state index contributed by atoms with van der Waals surface area (Å²) in [5, 5.41) is 3.02. The van der Waals surface area contributed by atoms with Crippen LogP contribution in [0.2, 0.25) is 0 Å². The number of carbonyl (C=O) groups is 1. The molecule has 152 valence electrons. The molecule has 0 unspecified atom stereocenters. The summed E-state index contributed by atoms with van der Waals surface area (Å²) in [6.07, 6.45) is 1.00. The van der Waals surface area contributed by atoms with Crippen LogP contribution in [0, 0.1) is 5.92 Å². The molecule has 1 aliphatic heterocycles. The minimum Gasteiger partial charge on any atom is -0.497 e. The van der Waals surface area contributed by atoms with E-state index in [4.69, 9.17) is 9.47 Å². The Morgan fingerprint density at radius 3 is 2.37 bits per heavy atom. The van der Waals surface area contributed by atoms with E-state index in [1.165, 1.54) is 22.7 Å². The summed E-state index contributed by atoms with van der Waals surface area (Å²) in [7, 11) is 2.77. The lowest BCUT2D eigenvalue weighted by molar-refractivity contribution is -0.126. The zero-order chi connectivity index (χ0) is 20.2. The maximum Gasteiger partial charge on any atom is 0.281 e. The van der Waals surface area contributed by atoms with E-state index in [2.05, 4.69) is 5.32 Å². The van der Waals surface area contributed by atoms with Crippen LogP contribution < -0.4 is 14.8 Å². The van der Waals surface area contributed by atoms with Crippen LogP contribution in [0.1, 0.15) is 31.4 Å². The minimum absolute atomic E-state index is 0.0747. The Morgan fingerprint density at radius 2 is 1.85 bits per heavy atom. The van der Waals surface area contributed by atoms with Crippen molar-refractivity contribution in [3.63, 3.8) is 0 Å². The Bertz CT molecular complexity index is 758. The smallest absolute Gasteiger partial charge is 0.281 e. The van der Waals surface area contributed by atoms with E-state index >= 15 is 0 Å². The molecule has 1 fully saturated rings. The van der Waals surface area contributed by atoms with Crippen molar-refractivity contribution in [3.8, 4) is 11.5 Å². The highest BCUT2D eigenvalue weighted by molar-refractivity contribution is 7.86. The molecule has 9 heteroatoms. The molecule has 1 amide bonds. The number of benzene rings is 1. The van der Waals surface area contributed by atoms with Crippen molar-refractivity contribution in [1.82, 2.24) is 13.9 Å². The molecule has 2 rings (SSSR count). The highest BCUT2D eigenvalue weighted by Crippen LogP contribution is 2.30. The zero-order valence-corrected chi connectivity index (χ0v) is 17.4. The first-order chi connectivity index (χ1) is 12.7. The highest BCUT2D eigenvalue weighted by atomic mass is 32.2. The third-order valence-electron chi connectivity index (χ3n) is 4.87. The Morgan fingerprint density at radius 1 is 1.22 bits per heavy atom. The number of hydrogen-bond acceptors (Lipinski definition) is 5. The maximum absolute atomic E-state index is 12.7. The summed E-state index contributed by atoms with van der Waals surface area (Å²) in [6, 6.07) is 5.20. The van der Waals surface area contributed by atoms with E-state index < -0.39 is 10.2 Å². The van der Waals surface area contributed by atoms with Crippen molar-refractivity contribution in [3.05, 3.63) is 23.8 Å². The average Bonchev–Trinajstić information content (AvgIpc) is 2.67. The number of rotatable bonds is 7. The van der Waals surface area contributed by atoms with Gasteiger partial charge in [-0.3, -0.25) is 4.79 Å². The van der Waals surface area contributed by atoms with Crippen molar-refractivity contribution < 1.29 is 22.7 Å². The molecule has 1 saturated heterocycles. The first-order valence-corrected chi connectivity index (χ1v) is 10.3. The molecule has 1 N–H and O–H groups in total. The van der Waals surface area contributed by atoms with Crippen LogP contribution in [0.25, 0.3) is 0 Å². The molecule has 8 nitrogen and oxygen atoms in total. The molecular weight excluding hydrogens is 370 g/mol. The van der Waals surface area contributed by atoms with Gasteiger partial charge in [-0.2, -0.15) is 17.0 Å². The van der Waals surface area contributed by atoms with Gasteiger partial charge in [0.15, 0.2) is 0 Å². The molecule has 0 aromatic heterocycles. The van der Waals surface area contributed by atoms with Gasteiger partial charge in [-0.25, -0.2) is 0 Å². The molecule has 1 aromatic rings. The molecule has 1 atom stereocenters. The van der Waals surface area contributed by atoms with Gasteiger partial charge >= 0.3 is 0 Å². The largest absolute Gasteiger partial charge is 0.497 e.